The molecule has 7 rings (SSSR count). The summed E-state index contributed by atoms with van der Waals surface area (Å²) >= 11 is 0. The summed E-state index contributed by atoms with van der Waals surface area (Å²) in [6.07, 6.45) is 4.18. The molecule has 0 amide bonds. The Kier molecular flexibility index (Phi) is 8.48. The fraction of sp³-hybridized carbons (Fsp3) is 0.143. The van der Waals surface area contributed by atoms with E-state index in [2.05, 4.69) is 81.7 Å². The largest absolute Gasteiger partial charge is 0.516 e. The van der Waals surface area contributed by atoms with Gasteiger partial charge in [0.25, 0.3) is 11.4 Å². The zero-order valence-corrected chi connectivity index (χ0v) is 24.9. The van der Waals surface area contributed by atoms with E-state index in [4.69, 9.17) is 4.42 Å². The SMILES string of the molecule is CCCC[N+]1=C=[N+](c2[c-]cc3oc4ccccc4c3c2)c2ccccc21.Cc1ccc(-c2[c-]cccc2)nc1.[Ir]. The van der Waals surface area contributed by atoms with Crippen LogP contribution in [0.3, 0.4) is 0 Å². The molecule has 1 aliphatic rings. The molecule has 0 unspecified atom stereocenters. The van der Waals surface area contributed by atoms with Gasteiger partial charge in [-0.1, -0.05) is 76.4 Å². The summed E-state index contributed by atoms with van der Waals surface area (Å²) in [5.41, 5.74) is 8.31. The van der Waals surface area contributed by atoms with Crippen LogP contribution in [-0.4, -0.2) is 22.1 Å². The fourth-order valence-corrected chi connectivity index (χ4v) is 4.75. The third-order valence-corrected chi connectivity index (χ3v) is 6.80. The van der Waals surface area contributed by atoms with Crippen LogP contribution in [0.1, 0.15) is 25.3 Å². The standard InChI is InChI=1S/C23H19N2O.C12H10N.Ir/c1-2-3-14-24-16-25(21-10-6-5-9-20(21)24)17-12-13-23-19(15-17)18-8-4-7-11-22(18)26-23;1-10-7-8-12(13-9-10)11-5-3-2-4-6-11;/h4-11,13,15H,2-3,14H2,1H3;2-5,7-9H,1H3;/q+1;-1;. The number of hydrogen-bond acceptors (Lipinski definition) is 2. The molecule has 1 radical (unpaired) electrons. The van der Waals surface area contributed by atoms with Crippen LogP contribution >= 0.6 is 0 Å². The fourth-order valence-electron chi connectivity index (χ4n) is 4.75. The number of hydrogen-bond donors (Lipinski definition) is 0. The molecule has 3 heterocycles. The van der Waals surface area contributed by atoms with E-state index in [1.165, 1.54) is 17.7 Å². The average Bonchev–Trinajstić information content (AvgIpc) is 3.55. The van der Waals surface area contributed by atoms with E-state index in [-0.39, 0.29) is 20.1 Å². The first-order valence-electron chi connectivity index (χ1n) is 13.4. The maximum Gasteiger partial charge on any atom is 0.494 e. The Morgan fingerprint density at radius 3 is 2.42 bits per heavy atom. The van der Waals surface area contributed by atoms with Crippen LogP contribution < -0.4 is 4.58 Å². The zero-order chi connectivity index (χ0) is 26.6. The van der Waals surface area contributed by atoms with Crippen molar-refractivity contribution in [1.29, 1.82) is 0 Å². The minimum Gasteiger partial charge on any atom is -0.516 e. The van der Waals surface area contributed by atoms with Crippen LogP contribution in [0.5, 0.6) is 0 Å². The molecule has 0 spiro atoms. The summed E-state index contributed by atoms with van der Waals surface area (Å²) in [5, 5.41) is 2.24. The van der Waals surface area contributed by atoms with Gasteiger partial charge in [0.05, 0.1) is 0 Å². The van der Waals surface area contributed by atoms with E-state index in [9.17, 15) is 0 Å². The van der Waals surface area contributed by atoms with Crippen LogP contribution in [0.2, 0.25) is 0 Å². The Balaban J connectivity index is 0.000000195. The van der Waals surface area contributed by atoms with Crippen molar-refractivity contribution in [2.45, 2.75) is 26.7 Å². The quantitative estimate of drug-likeness (QED) is 0.133. The maximum absolute atomic E-state index is 5.93. The van der Waals surface area contributed by atoms with E-state index >= 15 is 0 Å². The summed E-state index contributed by atoms with van der Waals surface area (Å²) in [5.74, 6) is 0. The van der Waals surface area contributed by atoms with E-state index in [0.29, 0.717) is 0 Å². The van der Waals surface area contributed by atoms with Crippen LogP contribution in [0.25, 0.3) is 33.2 Å². The number of aromatic nitrogens is 1. The maximum atomic E-state index is 5.93. The van der Waals surface area contributed by atoms with Gasteiger partial charge >= 0.3 is 6.01 Å². The number of pyridine rings is 1. The Morgan fingerprint density at radius 2 is 1.65 bits per heavy atom. The molecule has 1 aliphatic heterocycles. The topological polar surface area (TPSA) is 32.0 Å². The summed E-state index contributed by atoms with van der Waals surface area (Å²) in [7, 11) is 0. The summed E-state index contributed by atoms with van der Waals surface area (Å²) < 4.78 is 10.2. The molecule has 0 N–H and O–H groups in total. The summed E-state index contributed by atoms with van der Waals surface area (Å²) in [6, 6.07) is 42.6. The summed E-state index contributed by atoms with van der Waals surface area (Å²) in [6.45, 7) is 5.22. The molecule has 5 heteroatoms. The molecular formula is C35H29IrN3O. The van der Waals surface area contributed by atoms with Gasteiger partial charge in [0.1, 0.15) is 11.3 Å². The predicted octanol–water partition coefficient (Wildman–Crippen LogP) is 8.71. The molecule has 0 aliphatic carbocycles. The Labute approximate surface area is 248 Å². The monoisotopic (exact) mass is 700 g/mol. The molecule has 0 fully saturated rings. The van der Waals surface area contributed by atoms with Crippen molar-refractivity contribution in [3.05, 3.63) is 121 Å². The van der Waals surface area contributed by atoms with Crippen molar-refractivity contribution in [2.75, 3.05) is 6.54 Å². The third-order valence-electron chi connectivity index (χ3n) is 6.80. The molecule has 0 saturated carbocycles. The van der Waals surface area contributed by atoms with Crippen molar-refractivity contribution >= 4 is 45.0 Å². The minimum absolute atomic E-state index is 0. The molecule has 6 aromatic rings. The first-order chi connectivity index (χ1) is 19.2. The molecule has 4 nitrogen and oxygen atoms in total. The van der Waals surface area contributed by atoms with Crippen LogP contribution in [0.15, 0.2) is 108 Å². The van der Waals surface area contributed by atoms with Crippen LogP contribution in [0, 0.1) is 19.1 Å². The number of unbranched alkanes of at least 4 members (excludes halogenated alkanes) is 1. The number of benzene rings is 4. The van der Waals surface area contributed by atoms with Crippen molar-refractivity contribution in [3.63, 3.8) is 0 Å². The number of furan rings is 1. The second-order valence-electron chi connectivity index (χ2n) is 9.62. The van der Waals surface area contributed by atoms with Gasteiger partial charge in [-0.3, -0.25) is 0 Å². The van der Waals surface area contributed by atoms with Gasteiger partial charge in [-0.15, -0.1) is 48.0 Å². The number of para-hydroxylation sites is 3. The van der Waals surface area contributed by atoms with Gasteiger partial charge in [-0.05, 0) is 24.2 Å². The first-order valence-corrected chi connectivity index (χ1v) is 13.4. The third kappa shape index (κ3) is 5.59. The number of fused-ring (bicyclic) bond motifs is 4. The molecule has 0 saturated heterocycles. The van der Waals surface area contributed by atoms with E-state index in [1.807, 2.05) is 67.7 Å². The van der Waals surface area contributed by atoms with Crippen LogP contribution in [-0.2, 0) is 20.1 Å². The molecule has 199 valence electrons. The molecule has 2 aromatic heterocycles. The number of aryl methyl sites for hydroxylation is 1. The zero-order valence-electron chi connectivity index (χ0n) is 22.5. The van der Waals surface area contributed by atoms with Crippen molar-refractivity contribution < 1.29 is 29.1 Å². The minimum atomic E-state index is 0. The molecule has 4 aromatic carbocycles. The Bertz CT molecular complexity index is 1830. The molecule has 0 bridgehead atoms. The number of rotatable bonds is 5. The second kappa shape index (κ2) is 12.4. The van der Waals surface area contributed by atoms with Crippen molar-refractivity contribution in [3.8, 4) is 11.3 Å². The van der Waals surface area contributed by atoms with E-state index in [0.717, 1.165) is 57.5 Å². The molecule has 40 heavy (non-hydrogen) atoms. The Hall–Kier alpha value is -4.14. The van der Waals surface area contributed by atoms with Gasteiger partial charge in [0, 0.05) is 55.8 Å². The average molecular weight is 700 g/mol. The van der Waals surface area contributed by atoms with Gasteiger partial charge in [-0.2, -0.15) is 0 Å². The molecule has 0 atom stereocenters. The predicted molar refractivity (Wildman–Crippen MR) is 158 cm³/mol. The smallest absolute Gasteiger partial charge is 0.494 e. The van der Waals surface area contributed by atoms with Gasteiger partial charge < -0.3 is 9.40 Å². The Morgan fingerprint density at radius 1 is 0.850 bits per heavy atom. The van der Waals surface area contributed by atoms with Gasteiger partial charge in [0.2, 0.25) is 0 Å². The normalized spacial score (nSPS) is 11.8. The molecular weight excluding hydrogens is 671 g/mol. The first kappa shape index (κ1) is 27.4. The van der Waals surface area contributed by atoms with Crippen molar-refractivity contribution in [1.82, 2.24) is 9.56 Å². The van der Waals surface area contributed by atoms with Gasteiger partial charge in [0.15, 0.2) is 6.54 Å². The van der Waals surface area contributed by atoms with Gasteiger partial charge in [-0.25, -0.2) is 0 Å². The van der Waals surface area contributed by atoms with Crippen molar-refractivity contribution in [2.24, 2.45) is 0 Å². The van der Waals surface area contributed by atoms with E-state index in [1.54, 1.807) is 0 Å². The number of nitrogens with zero attached hydrogens (tertiary/aromatic N) is 3. The summed E-state index contributed by atoms with van der Waals surface area (Å²) in [4.78, 5) is 4.32. The second-order valence-corrected chi connectivity index (χ2v) is 9.62. The van der Waals surface area contributed by atoms with Crippen LogP contribution in [0.4, 0.5) is 17.1 Å². The van der Waals surface area contributed by atoms with E-state index < -0.39 is 0 Å².